The van der Waals surface area contributed by atoms with Crippen LogP contribution in [-0.2, 0) is 4.79 Å². The summed E-state index contributed by atoms with van der Waals surface area (Å²) in [6, 6.07) is 7.20. The van der Waals surface area contributed by atoms with Gasteiger partial charge in [-0.25, -0.2) is 0 Å². The summed E-state index contributed by atoms with van der Waals surface area (Å²) in [5, 5.41) is 2.79. The van der Waals surface area contributed by atoms with Crippen molar-refractivity contribution in [2.45, 2.75) is 19.4 Å². The predicted octanol–water partition coefficient (Wildman–Crippen LogP) is 2.15. The van der Waals surface area contributed by atoms with Crippen molar-refractivity contribution >= 4 is 36.4 Å². The molecule has 1 aromatic rings. The number of rotatable bonds is 7. The Morgan fingerprint density at radius 2 is 1.86 bits per heavy atom. The topological polar surface area (TPSA) is 67.6 Å². The fourth-order valence-electron chi connectivity index (χ4n) is 1.49. The summed E-state index contributed by atoms with van der Waals surface area (Å²) < 4.78 is 5.57. The van der Waals surface area contributed by atoms with Crippen molar-refractivity contribution in [2.75, 3.05) is 32.6 Å². The molecule has 1 rings (SSSR count). The molecule has 0 radical (unpaired) electrons. The minimum atomic E-state index is -0.131. The number of benzene rings is 1. The van der Waals surface area contributed by atoms with E-state index >= 15 is 0 Å². The molecule has 21 heavy (non-hydrogen) atoms. The number of hydrogen-bond acceptors (Lipinski definition) is 4. The molecule has 0 aliphatic rings. The molecule has 1 atom stereocenters. The molecule has 0 saturated carbocycles. The predicted molar refractivity (Wildman–Crippen MR) is 91.9 cm³/mol. The van der Waals surface area contributed by atoms with Crippen LogP contribution in [-0.4, -0.2) is 44.1 Å². The fraction of sp³-hybridized carbons (Fsp3) is 0.500. The molecule has 0 spiro atoms. The van der Waals surface area contributed by atoms with Crippen LogP contribution >= 0.6 is 24.8 Å². The number of nitrogens with two attached hydrogens (primary N) is 1. The van der Waals surface area contributed by atoms with E-state index in [2.05, 4.69) is 10.2 Å². The van der Waals surface area contributed by atoms with Gasteiger partial charge in [0.05, 0.1) is 0 Å². The van der Waals surface area contributed by atoms with E-state index in [1.165, 1.54) is 0 Å². The van der Waals surface area contributed by atoms with Crippen LogP contribution in [0.2, 0.25) is 0 Å². The number of hydrogen-bond donors (Lipinski definition) is 2. The highest BCUT2D eigenvalue weighted by Gasteiger charge is 2.05. The largest absolute Gasteiger partial charge is 0.492 e. The number of nitrogens with zero attached hydrogens (tertiary/aromatic N) is 1. The summed E-state index contributed by atoms with van der Waals surface area (Å²) in [6.45, 7) is 3.32. The van der Waals surface area contributed by atoms with Gasteiger partial charge in [-0.1, -0.05) is 0 Å². The van der Waals surface area contributed by atoms with Gasteiger partial charge < -0.3 is 20.7 Å². The first-order valence-corrected chi connectivity index (χ1v) is 6.40. The average molecular weight is 338 g/mol. The third-order valence-electron chi connectivity index (χ3n) is 2.45. The van der Waals surface area contributed by atoms with Crippen LogP contribution in [0.25, 0.3) is 0 Å². The Morgan fingerprint density at radius 1 is 1.29 bits per heavy atom. The Bertz CT molecular complexity index is 398. The molecule has 5 nitrogen and oxygen atoms in total. The van der Waals surface area contributed by atoms with E-state index in [-0.39, 0.29) is 36.8 Å². The first kappa shape index (κ1) is 22.3. The highest BCUT2D eigenvalue weighted by Crippen LogP contribution is 2.15. The summed E-state index contributed by atoms with van der Waals surface area (Å²) in [7, 11) is 4.00. The second-order valence-corrected chi connectivity index (χ2v) is 4.91. The zero-order chi connectivity index (χ0) is 14.3. The monoisotopic (exact) mass is 337 g/mol. The van der Waals surface area contributed by atoms with Gasteiger partial charge in [-0.05, 0) is 45.3 Å². The number of carbonyl (C=O) groups is 1. The number of anilines is 1. The smallest absolute Gasteiger partial charge is 0.225 e. The van der Waals surface area contributed by atoms with Crippen molar-refractivity contribution in [2.24, 2.45) is 5.73 Å². The molecule has 3 N–H and O–H groups in total. The zero-order valence-corrected chi connectivity index (χ0v) is 14.3. The van der Waals surface area contributed by atoms with Crippen LogP contribution in [0.5, 0.6) is 5.75 Å². The summed E-state index contributed by atoms with van der Waals surface area (Å²) in [6.07, 6.45) is 0.321. The molecular formula is C14H25Cl2N3O2. The van der Waals surface area contributed by atoms with Gasteiger partial charge in [0, 0.05) is 24.7 Å². The van der Waals surface area contributed by atoms with Gasteiger partial charge in [-0.15, -0.1) is 24.8 Å². The molecule has 1 unspecified atom stereocenters. The van der Waals surface area contributed by atoms with Crippen molar-refractivity contribution in [3.05, 3.63) is 24.3 Å². The lowest BCUT2D eigenvalue weighted by Gasteiger charge is -2.11. The molecule has 0 aliphatic heterocycles. The van der Waals surface area contributed by atoms with E-state index in [9.17, 15) is 4.79 Å². The quantitative estimate of drug-likeness (QED) is 0.799. The van der Waals surface area contributed by atoms with Crippen LogP contribution < -0.4 is 15.8 Å². The van der Waals surface area contributed by atoms with Crippen molar-refractivity contribution in [3.8, 4) is 5.75 Å². The summed E-state index contributed by atoms with van der Waals surface area (Å²) in [5.41, 5.74) is 6.32. The fourth-order valence-corrected chi connectivity index (χ4v) is 1.49. The van der Waals surface area contributed by atoms with E-state index in [4.69, 9.17) is 10.5 Å². The lowest BCUT2D eigenvalue weighted by molar-refractivity contribution is -0.116. The second-order valence-electron chi connectivity index (χ2n) is 4.91. The SMILES string of the molecule is CC(N)CC(=O)Nc1ccc(OCCN(C)C)cc1.Cl.Cl. The molecule has 0 heterocycles. The first-order chi connectivity index (χ1) is 8.97. The third-order valence-corrected chi connectivity index (χ3v) is 2.45. The lowest BCUT2D eigenvalue weighted by Crippen LogP contribution is -2.23. The Balaban J connectivity index is 0. The molecule has 122 valence electrons. The molecule has 0 aromatic heterocycles. The Morgan fingerprint density at radius 3 is 2.33 bits per heavy atom. The Labute approximate surface area is 139 Å². The summed E-state index contributed by atoms with van der Waals surface area (Å²) >= 11 is 0. The van der Waals surface area contributed by atoms with E-state index in [0.29, 0.717) is 13.0 Å². The van der Waals surface area contributed by atoms with E-state index in [1.807, 2.05) is 38.4 Å². The third kappa shape index (κ3) is 10.4. The van der Waals surface area contributed by atoms with Crippen LogP contribution in [0.15, 0.2) is 24.3 Å². The number of carbonyl (C=O) groups excluding carboxylic acids is 1. The van der Waals surface area contributed by atoms with Crippen molar-refractivity contribution < 1.29 is 9.53 Å². The van der Waals surface area contributed by atoms with Gasteiger partial charge in [0.15, 0.2) is 0 Å². The maximum Gasteiger partial charge on any atom is 0.225 e. The van der Waals surface area contributed by atoms with Crippen LogP contribution in [0, 0.1) is 0 Å². The molecule has 0 fully saturated rings. The Hall–Kier alpha value is -1.01. The number of ether oxygens (including phenoxy) is 1. The van der Waals surface area contributed by atoms with E-state index in [0.717, 1.165) is 18.0 Å². The van der Waals surface area contributed by atoms with E-state index in [1.54, 1.807) is 6.92 Å². The minimum absolute atomic E-state index is 0. The molecule has 1 aromatic carbocycles. The zero-order valence-electron chi connectivity index (χ0n) is 12.7. The second kappa shape index (κ2) is 11.6. The summed E-state index contributed by atoms with van der Waals surface area (Å²) in [4.78, 5) is 13.6. The molecule has 7 heteroatoms. The molecule has 0 bridgehead atoms. The standard InChI is InChI=1S/C14H23N3O2.2ClH/c1-11(15)10-14(18)16-12-4-6-13(7-5-12)19-9-8-17(2)3;;/h4-7,11H,8-10,15H2,1-3H3,(H,16,18);2*1H. The van der Waals surface area contributed by atoms with Crippen molar-refractivity contribution in [1.29, 1.82) is 0 Å². The highest BCUT2D eigenvalue weighted by molar-refractivity contribution is 5.91. The van der Waals surface area contributed by atoms with Gasteiger partial charge in [0.25, 0.3) is 0 Å². The number of likely N-dealkylation sites (N-methyl/N-ethyl adjacent to an activating group) is 1. The van der Waals surface area contributed by atoms with Gasteiger partial charge >= 0.3 is 0 Å². The molecular weight excluding hydrogens is 313 g/mol. The van der Waals surface area contributed by atoms with Crippen LogP contribution in [0.1, 0.15) is 13.3 Å². The van der Waals surface area contributed by atoms with E-state index < -0.39 is 0 Å². The van der Waals surface area contributed by atoms with Gasteiger partial charge in [-0.3, -0.25) is 4.79 Å². The minimum Gasteiger partial charge on any atom is -0.492 e. The lowest BCUT2D eigenvalue weighted by atomic mass is 10.2. The average Bonchev–Trinajstić information content (AvgIpc) is 2.29. The number of halogens is 2. The number of nitrogens with one attached hydrogen (secondary N) is 1. The van der Waals surface area contributed by atoms with Crippen LogP contribution in [0.3, 0.4) is 0 Å². The molecule has 0 aliphatic carbocycles. The van der Waals surface area contributed by atoms with Gasteiger partial charge in [-0.2, -0.15) is 0 Å². The van der Waals surface area contributed by atoms with Crippen molar-refractivity contribution in [1.82, 2.24) is 4.90 Å². The molecule has 0 saturated heterocycles. The van der Waals surface area contributed by atoms with Crippen LogP contribution in [0.4, 0.5) is 5.69 Å². The maximum absolute atomic E-state index is 11.5. The first-order valence-electron chi connectivity index (χ1n) is 6.40. The highest BCUT2D eigenvalue weighted by atomic mass is 35.5. The number of amides is 1. The van der Waals surface area contributed by atoms with Gasteiger partial charge in [0.2, 0.25) is 5.91 Å². The maximum atomic E-state index is 11.5. The molecule has 1 amide bonds. The normalized spacial score (nSPS) is 11.1. The van der Waals surface area contributed by atoms with Gasteiger partial charge in [0.1, 0.15) is 12.4 Å². The van der Waals surface area contributed by atoms with Crippen molar-refractivity contribution in [3.63, 3.8) is 0 Å². The Kier molecular flexibility index (Phi) is 12.3. The summed E-state index contributed by atoms with van der Waals surface area (Å²) in [5.74, 6) is 0.725.